The number of ether oxygens (including phenoxy) is 1. The number of nitrogens with one attached hydrogen (secondary N) is 1. The Balaban J connectivity index is 2.20. The Labute approximate surface area is 109 Å². The van der Waals surface area contributed by atoms with E-state index in [2.05, 4.69) is 41.7 Å². The Morgan fingerprint density at radius 3 is 2.88 bits per heavy atom. The number of nitrogens with zero attached hydrogens (tertiary/aromatic N) is 1. The molecule has 1 unspecified atom stereocenters. The molecule has 0 radical (unpaired) electrons. The number of hydrogen-bond acceptors (Lipinski definition) is 4. The van der Waals surface area contributed by atoms with Crippen LogP contribution in [0.3, 0.4) is 0 Å². The zero-order valence-corrected chi connectivity index (χ0v) is 11.9. The van der Waals surface area contributed by atoms with Crippen molar-refractivity contribution < 1.29 is 4.74 Å². The largest absolute Gasteiger partial charge is 0.383 e. The quantitative estimate of drug-likeness (QED) is 0.734. The summed E-state index contributed by atoms with van der Waals surface area (Å²) < 4.78 is 5.06. The van der Waals surface area contributed by atoms with Gasteiger partial charge in [-0.05, 0) is 24.9 Å². The average Bonchev–Trinajstić information content (AvgIpc) is 2.85. The second-order valence-electron chi connectivity index (χ2n) is 4.23. The molecular weight excluding hydrogens is 232 g/mol. The van der Waals surface area contributed by atoms with Crippen molar-refractivity contribution in [2.45, 2.75) is 19.4 Å². The molecule has 0 saturated heterocycles. The van der Waals surface area contributed by atoms with Crippen LogP contribution in [0, 0.1) is 0 Å². The Kier molecular flexibility index (Phi) is 7.44. The molecule has 0 fully saturated rings. The van der Waals surface area contributed by atoms with Crippen LogP contribution >= 0.6 is 11.3 Å². The minimum Gasteiger partial charge on any atom is -0.383 e. The summed E-state index contributed by atoms with van der Waals surface area (Å²) in [5, 5.41) is 5.75. The number of thiophene rings is 1. The monoisotopic (exact) mass is 256 g/mol. The van der Waals surface area contributed by atoms with Crippen LogP contribution < -0.4 is 5.32 Å². The Morgan fingerprint density at radius 1 is 1.47 bits per heavy atom. The molecule has 0 saturated carbocycles. The standard InChI is InChI=1S/C13H24N2OS/c1-4-12(13-6-5-11-17-13)14-7-8-15(2)9-10-16-3/h5-6,11-12,14H,4,7-10H2,1-3H3. The van der Waals surface area contributed by atoms with E-state index in [-0.39, 0.29) is 0 Å². The highest BCUT2D eigenvalue weighted by atomic mass is 32.1. The maximum atomic E-state index is 5.06. The maximum Gasteiger partial charge on any atom is 0.0589 e. The van der Waals surface area contributed by atoms with Crippen LogP contribution in [-0.2, 0) is 4.74 Å². The van der Waals surface area contributed by atoms with Gasteiger partial charge in [-0.15, -0.1) is 11.3 Å². The molecule has 0 aromatic carbocycles. The molecule has 17 heavy (non-hydrogen) atoms. The van der Waals surface area contributed by atoms with Crippen molar-refractivity contribution in [3.63, 3.8) is 0 Å². The van der Waals surface area contributed by atoms with Gasteiger partial charge in [-0.2, -0.15) is 0 Å². The van der Waals surface area contributed by atoms with Gasteiger partial charge in [-0.3, -0.25) is 0 Å². The molecule has 0 aliphatic heterocycles. The SMILES string of the molecule is CCC(NCCN(C)CCOC)c1cccs1. The van der Waals surface area contributed by atoms with Crippen LogP contribution in [0.15, 0.2) is 17.5 Å². The second kappa shape index (κ2) is 8.64. The number of methoxy groups -OCH3 is 1. The first-order valence-corrected chi connectivity index (χ1v) is 7.10. The maximum absolute atomic E-state index is 5.06. The lowest BCUT2D eigenvalue weighted by molar-refractivity contribution is 0.161. The Bertz CT molecular complexity index is 277. The summed E-state index contributed by atoms with van der Waals surface area (Å²) in [6.45, 7) is 6.11. The highest BCUT2D eigenvalue weighted by molar-refractivity contribution is 7.10. The summed E-state index contributed by atoms with van der Waals surface area (Å²) in [5.74, 6) is 0. The van der Waals surface area contributed by atoms with E-state index in [0.29, 0.717) is 6.04 Å². The summed E-state index contributed by atoms with van der Waals surface area (Å²) in [5.41, 5.74) is 0. The summed E-state index contributed by atoms with van der Waals surface area (Å²) in [6, 6.07) is 4.83. The number of hydrogen-bond donors (Lipinski definition) is 1. The third kappa shape index (κ3) is 5.64. The topological polar surface area (TPSA) is 24.5 Å². The van der Waals surface area contributed by atoms with E-state index < -0.39 is 0 Å². The van der Waals surface area contributed by atoms with E-state index in [1.165, 1.54) is 4.88 Å². The van der Waals surface area contributed by atoms with Crippen LogP contribution in [0.25, 0.3) is 0 Å². The van der Waals surface area contributed by atoms with Crippen molar-refractivity contribution >= 4 is 11.3 Å². The predicted molar refractivity (Wildman–Crippen MR) is 74.7 cm³/mol. The van der Waals surface area contributed by atoms with E-state index in [0.717, 1.165) is 32.7 Å². The van der Waals surface area contributed by atoms with Gasteiger partial charge in [0.1, 0.15) is 0 Å². The molecule has 1 heterocycles. The highest BCUT2D eigenvalue weighted by Crippen LogP contribution is 2.21. The van der Waals surface area contributed by atoms with Crippen molar-refractivity contribution in [3.8, 4) is 0 Å². The molecule has 0 spiro atoms. The molecule has 1 rings (SSSR count). The summed E-state index contributed by atoms with van der Waals surface area (Å²) >= 11 is 1.83. The lowest BCUT2D eigenvalue weighted by Crippen LogP contribution is -2.32. The van der Waals surface area contributed by atoms with Crippen molar-refractivity contribution in [2.75, 3.05) is 40.4 Å². The van der Waals surface area contributed by atoms with Crippen LogP contribution in [0.1, 0.15) is 24.3 Å². The fourth-order valence-electron chi connectivity index (χ4n) is 1.72. The molecule has 1 N–H and O–H groups in total. The van der Waals surface area contributed by atoms with Gasteiger partial charge < -0.3 is 15.0 Å². The second-order valence-corrected chi connectivity index (χ2v) is 5.21. The zero-order valence-electron chi connectivity index (χ0n) is 11.1. The van der Waals surface area contributed by atoms with Crippen LogP contribution in [0.4, 0.5) is 0 Å². The number of rotatable bonds is 9. The minimum atomic E-state index is 0.505. The summed E-state index contributed by atoms with van der Waals surface area (Å²) in [6.07, 6.45) is 1.14. The van der Waals surface area contributed by atoms with E-state index in [1.54, 1.807) is 7.11 Å². The number of likely N-dealkylation sites (N-methyl/N-ethyl adjacent to an activating group) is 1. The van der Waals surface area contributed by atoms with Crippen molar-refractivity contribution in [1.82, 2.24) is 10.2 Å². The molecule has 4 heteroatoms. The average molecular weight is 256 g/mol. The molecule has 98 valence electrons. The van der Waals surface area contributed by atoms with E-state index >= 15 is 0 Å². The molecule has 0 amide bonds. The first-order chi connectivity index (χ1) is 8.27. The minimum absolute atomic E-state index is 0.505. The lowest BCUT2D eigenvalue weighted by atomic mass is 10.2. The molecule has 0 aliphatic carbocycles. The van der Waals surface area contributed by atoms with Crippen molar-refractivity contribution in [3.05, 3.63) is 22.4 Å². The third-order valence-electron chi connectivity index (χ3n) is 2.86. The van der Waals surface area contributed by atoms with Crippen LogP contribution in [0.2, 0.25) is 0 Å². The molecule has 0 aliphatic rings. The van der Waals surface area contributed by atoms with Gasteiger partial charge >= 0.3 is 0 Å². The fourth-order valence-corrected chi connectivity index (χ4v) is 2.61. The van der Waals surface area contributed by atoms with E-state index in [9.17, 15) is 0 Å². The Hall–Kier alpha value is -0.420. The molecule has 1 aromatic heterocycles. The van der Waals surface area contributed by atoms with E-state index in [4.69, 9.17) is 4.74 Å². The first kappa shape index (κ1) is 14.6. The van der Waals surface area contributed by atoms with Gasteiger partial charge in [-0.1, -0.05) is 13.0 Å². The lowest BCUT2D eigenvalue weighted by Gasteiger charge is -2.19. The molecule has 3 nitrogen and oxygen atoms in total. The molecule has 1 aromatic rings. The third-order valence-corrected chi connectivity index (χ3v) is 3.84. The zero-order chi connectivity index (χ0) is 12.5. The van der Waals surface area contributed by atoms with Crippen molar-refractivity contribution in [2.24, 2.45) is 0 Å². The fraction of sp³-hybridized carbons (Fsp3) is 0.692. The Morgan fingerprint density at radius 2 is 2.29 bits per heavy atom. The van der Waals surface area contributed by atoms with Gasteiger partial charge in [0.25, 0.3) is 0 Å². The predicted octanol–water partition coefficient (Wildman–Crippen LogP) is 2.37. The normalized spacial score (nSPS) is 13.2. The molecule has 0 bridgehead atoms. The van der Waals surface area contributed by atoms with Crippen molar-refractivity contribution in [1.29, 1.82) is 0 Å². The van der Waals surface area contributed by atoms with Gasteiger partial charge in [0.05, 0.1) is 6.61 Å². The van der Waals surface area contributed by atoms with Gasteiger partial charge in [0.2, 0.25) is 0 Å². The van der Waals surface area contributed by atoms with Crippen LogP contribution in [-0.4, -0.2) is 45.3 Å². The first-order valence-electron chi connectivity index (χ1n) is 6.22. The molecular formula is C13H24N2OS. The smallest absolute Gasteiger partial charge is 0.0589 e. The van der Waals surface area contributed by atoms with E-state index in [1.807, 2.05) is 11.3 Å². The van der Waals surface area contributed by atoms with Gasteiger partial charge in [0, 0.05) is 37.7 Å². The summed E-state index contributed by atoms with van der Waals surface area (Å²) in [4.78, 5) is 3.73. The highest BCUT2D eigenvalue weighted by Gasteiger charge is 2.09. The summed E-state index contributed by atoms with van der Waals surface area (Å²) in [7, 11) is 3.88. The molecule has 1 atom stereocenters. The van der Waals surface area contributed by atoms with Crippen LogP contribution in [0.5, 0.6) is 0 Å². The van der Waals surface area contributed by atoms with Gasteiger partial charge in [-0.25, -0.2) is 0 Å². The van der Waals surface area contributed by atoms with Gasteiger partial charge in [0.15, 0.2) is 0 Å².